The van der Waals surface area contributed by atoms with Crippen LogP contribution in [0.3, 0.4) is 0 Å². The standard InChI is InChI=1S/C12H12N2O7.C6H12N2O/c15-7-3-14(5-10(19)20)12(21)11(7)6-1-8(16)13(2-6)4-9(17)18;1-6(9)8-4-2-7-3-5-8/h1,15H,2-5H2,(H,17,18)(H,19,20);7H,2-5H2,1H3. The maximum atomic E-state index is 12.0. The summed E-state index contributed by atoms with van der Waals surface area (Å²) in [6, 6.07) is 0. The highest BCUT2D eigenvalue weighted by atomic mass is 16.4. The minimum absolute atomic E-state index is 0.114. The van der Waals surface area contributed by atoms with Gasteiger partial charge in [0.1, 0.15) is 18.8 Å². The molecule has 3 aliphatic heterocycles. The number of aliphatic hydroxyl groups is 1. The first-order valence-corrected chi connectivity index (χ1v) is 9.21. The van der Waals surface area contributed by atoms with E-state index >= 15 is 0 Å². The number of piperazine rings is 1. The van der Waals surface area contributed by atoms with Crippen molar-refractivity contribution in [1.82, 2.24) is 20.0 Å². The lowest BCUT2D eigenvalue weighted by Gasteiger charge is -2.25. The van der Waals surface area contributed by atoms with Gasteiger partial charge in [0.15, 0.2) is 0 Å². The van der Waals surface area contributed by atoms with Crippen molar-refractivity contribution in [3.8, 4) is 0 Å². The van der Waals surface area contributed by atoms with Crippen LogP contribution in [0.5, 0.6) is 0 Å². The van der Waals surface area contributed by atoms with Gasteiger partial charge in [0.05, 0.1) is 12.1 Å². The highest BCUT2D eigenvalue weighted by Crippen LogP contribution is 2.27. The molecule has 3 heterocycles. The first-order valence-electron chi connectivity index (χ1n) is 9.21. The number of nitrogens with one attached hydrogen (secondary N) is 1. The van der Waals surface area contributed by atoms with Gasteiger partial charge in [0, 0.05) is 45.7 Å². The normalized spacial score (nSPS) is 19.0. The van der Waals surface area contributed by atoms with E-state index in [4.69, 9.17) is 10.2 Å². The van der Waals surface area contributed by atoms with Crippen molar-refractivity contribution in [3.05, 3.63) is 23.0 Å². The molecule has 1 saturated heterocycles. The highest BCUT2D eigenvalue weighted by molar-refractivity contribution is 6.05. The van der Waals surface area contributed by atoms with Crippen LogP contribution in [0, 0.1) is 0 Å². The van der Waals surface area contributed by atoms with Crippen LogP contribution < -0.4 is 5.32 Å². The lowest BCUT2D eigenvalue weighted by atomic mass is 10.1. The van der Waals surface area contributed by atoms with Crippen LogP contribution in [0.1, 0.15) is 6.92 Å². The van der Waals surface area contributed by atoms with Crippen molar-refractivity contribution in [1.29, 1.82) is 0 Å². The van der Waals surface area contributed by atoms with Crippen molar-refractivity contribution >= 4 is 29.7 Å². The van der Waals surface area contributed by atoms with Gasteiger partial charge in [-0.25, -0.2) is 0 Å². The van der Waals surface area contributed by atoms with Crippen LogP contribution in [0.2, 0.25) is 0 Å². The Morgan fingerprint density at radius 1 is 1.00 bits per heavy atom. The number of nitrogens with zero attached hydrogens (tertiary/aromatic N) is 3. The Labute approximate surface area is 172 Å². The molecule has 164 valence electrons. The van der Waals surface area contributed by atoms with Crippen molar-refractivity contribution in [2.24, 2.45) is 0 Å². The van der Waals surface area contributed by atoms with E-state index in [1.54, 1.807) is 6.92 Å². The predicted octanol–water partition coefficient (Wildman–Crippen LogP) is -1.98. The van der Waals surface area contributed by atoms with Crippen LogP contribution in [0.25, 0.3) is 0 Å². The zero-order valence-corrected chi connectivity index (χ0v) is 16.5. The van der Waals surface area contributed by atoms with Gasteiger partial charge in [-0.05, 0) is 5.57 Å². The average Bonchev–Trinajstić information content (AvgIpc) is 3.14. The van der Waals surface area contributed by atoms with Crippen LogP contribution in [0.15, 0.2) is 23.0 Å². The molecule has 0 aromatic heterocycles. The first kappa shape index (κ1) is 22.9. The summed E-state index contributed by atoms with van der Waals surface area (Å²) in [5.74, 6) is -3.81. The molecule has 0 aromatic rings. The van der Waals surface area contributed by atoms with E-state index in [-0.39, 0.29) is 35.9 Å². The topological polar surface area (TPSA) is 168 Å². The SMILES string of the molecule is CC(=O)N1CCNCC1.O=C(O)CN1CC(C2=C(O)CN(CC(=O)O)C2=O)=CC1=O. The number of carbonyl (C=O) groups excluding carboxylic acids is 3. The molecule has 3 rings (SSSR count). The maximum absolute atomic E-state index is 12.0. The minimum Gasteiger partial charge on any atom is -0.510 e. The largest absolute Gasteiger partial charge is 0.510 e. The Hall–Kier alpha value is -3.41. The number of carboxylic acids is 2. The van der Waals surface area contributed by atoms with E-state index < -0.39 is 36.8 Å². The monoisotopic (exact) mass is 424 g/mol. The van der Waals surface area contributed by atoms with Crippen LogP contribution in [-0.4, -0.2) is 112 Å². The van der Waals surface area contributed by atoms with E-state index in [1.807, 2.05) is 4.90 Å². The second-order valence-electron chi connectivity index (χ2n) is 6.89. The van der Waals surface area contributed by atoms with Crippen molar-refractivity contribution in [3.63, 3.8) is 0 Å². The van der Waals surface area contributed by atoms with Gasteiger partial charge in [-0.15, -0.1) is 0 Å². The summed E-state index contributed by atoms with van der Waals surface area (Å²) in [4.78, 5) is 59.4. The third-order valence-electron chi connectivity index (χ3n) is 4.64. The fraction of sp³-hybridized carbons (Fsp3) is 0.500. The highest BCUT2D eigenvalue weighted by Gasteiger charge is 2.37. The molecule has 4 N–H and O–H groups in total. The minimum atomic E-state index is -1.22. The summed E-state index contributed by atoms with van der Waals surface area (Å²) >= 11 is 0. The summed E-state index contributed by atoms with van der Waals surface area (Å²) in [5.41, 5.74) is 0.0640. The Balaban J connectivity index is 0.000000297. The van der Waals surface area contributed by atoms with Gasteiger partial charge in [-0.3, -0.25) is 24.0 Å². The second kappa shape index (κ2) is 9.87. The summed E-state index contributed by atoms with van der Waals surface area (Å²) in [6.45, 7) is 3.81. The van der Waals surface area contributed by atoms with Gasteiger partial charge >= 0.3 is 11.9 Å². The second-order valence-corrected chi connectivity index (χ2v) is 6.89. The number of carbonyl (C=O) groups is 5. The van der Waals surface area contributed by atoms with E-state index in [1.165, 1.54) is 0 Å². The van der Waals surface area contributed by atoms with E-state index in [0.717, 1.165) is 42.1 Å². The van der Waals surface area contributed by atoms with E-state index in [0.29, 0.717) is 0 Å². The molecule has 30 heavy (non-hydrogen) atoms. The van der Waals surface area contributed by atoms with Crippen molar-refractivity contribution in [2.75, 3.05) is 52.4 Å². The quantitative estimate of drug-likeness (QED) is 0.391. The molecule has 3 aliphatic rings. The number of aliphatic hydroxyl groups excluding tert-OH is 1. The molecule has 0 bridgehead atoms. The zero-order chi connectivity index (χ0) is 22.4. The molecule has 0 unspecified atom stereocenters. The van der Waals surface area contributed by atoms with Gasteiger partial charge in [0.25, 0.3) is 5.91 Å². The van der Waals surface area contributed by atoms with Crippen LogP contribution >= 0.6 is 0 Å². The Bertz CT molecular complexity index is 813. The zero-order valence-electron chi connectivity index (χ0n) is 16.5. The molecule has 0 aliphatic carbocycles. The number of aliphatic carboxylic acids is 2. The van der Waals surface area contributed by atoms with Crippen molar-refractivity contribution < 1.29 is 39.3 Å². The van der Waals surface area contributed by atoms with Gasteiger partial charge in [-0.2, -0.15) is 0 Å². The fourth-order valence-corrected chi connectivity index (χ4v) is 3.22. The molecule has 0 aromatic carbocycles. The Morgan fingerprint density at radius 2 is 1.57 bits per heavy atom. The van der Waals surface area contributed by atoms with Crippen molar-refractivity contribution in [2.45, 2.75) is 6.92 Å². The van der Waals surface area contributed by atoms with Gasteiger partial charge < -0.3 is 35.3 Å². The van der Waals surface area contributed by atoms with Gasteiger partial charge in [0.2, 0.25) is 11.8 Å². The third-order valence-corrected chi connectivity index (χ3v) is 4.64. The third kappa shape index (κ3) is 5.80. The smallest absolute Gasteiger partial charge is 0.323 e. The molecule has 1 fully saturated rings. The molecule has 0 radical (unpaired) electrons. The summed E-state index contributed by atoms with van der Waals surface area (Å²) < 4.78 is 0. The van der Waals surface area contributed by atoms with E-state index in [2.05, 4.69) is 5.32 Å². The molecule has 0 atom stereocenters. The Kier molecular flexibility index (Phi) is 7.53. The number of hydrogen-bond acceptors (Lipinski definition) is 7. The summed E-state index contributed by atoms with van der Waals surface area (Å²) in [6.07, 6.45) is 1.08. The number of amides is 3. The molecule has 12 heteroatoms. The molecule has 3 amide bonds. The molecular weight excluding hydrogens is 400 g/mol. The lowest BCUT2D eigenvalue weighted by Crippen LogP contribution is -2.45. The fourth-order valence-electron chi connectivity index (χ4n) is 3.22. The van der Waals surface area contributed by atoms with Crippen LogP contribution in [0.4, 0.5) is 0 Å². The number of hydrogen-bond donors (Lipinski definition) is 4. The lowest BCUT2D eigenvalue weighted by molar-refractivity contribution is -0.142. The molecular formula is C18H24N4O8. The first-order chi connectivity index (χ1) is 14.1. The molecule has 0 spiro atoms. The van der Waals surface area contributed by atoms with E-state index in [9.17, 15) is 29.1 Å². The average molecular weight is 424 g/mol. The number of carboxylic acid groups (broad SMARTS) is 2. The maximum Gasteiger partial charge on any atom is 0.323 e. The predicted molar refractivity (Wildman–Crippen MR) is 101 cm³/mol. The number of rotatable bonds is 5. The summed E-state index contributed by atoms with van der Waals surface area (Å²) in [5, 5.41) is 30.3. The summed E-state index contributed by atoms with van der Waals surface area (Å²) in [7, 11) is 0. The molecule has 12 nitrogen and oxygen atoms in total. The molecule has 0 saturated carbocycles. The van der Waals surface area contributed by atoms with Gasteiger partial charge in [-0.1, -0.05) is 0 Å². The van der Waals surface area contributed by atoms with Crippen LogP contribution in [-0.2, 0) is 24.0 Å². The Morgan fingerprint density at radius 3 is 2.07 bits per heavy atom.